The molecule has 1 unspecified atom stereocenters. The summed E-state index contributed by atoms with van der Waals surface area (Å²) in [5, 5.41) is 2.54. The van der Waals surface area contributed by atoms with Gasteiger partial charge in [-0.1, -0.05) is 169 Å². The molecule has 2 aliphatic carbocycles. The molecule has 0 heteroatoms. The van der Waals surface area contributed by atoms with Gasteiger partial charge in [-0.25, -0.2) is 0 Å². The van der Waals surface area contributed by atoms with Crippen LogP contribution in [0.4, 0.5) is 0 Å². The largest absolute Gasteiger partial charge is 0.0720 e. The molecule has 0 bridgehead atoms. The maximum Gasteiger partial charge on any atom is 0.0288 e. The highest BCUT2D eigenvalue weighted by molar-refractivity contribution is 5.88. The molecule has 1 atom stereocenters. The molecule has 0 nitrogen and oxygen atoms in total. The fourth-order valence-electron chi connectivity index (χ4n) is 7.91. The van der Waals surface area contributed by atoms with Gasteiger partial charge in [0, 0.05) is 5.92 Å². The van der Waals surface area contributed by atoms with Gasteiger partial charge in [0.15, 0.2) is 0 Å². The quantitative estimate of drug-likeness (QED) is 0.181. The van der Waals surface area contributed by atoms with Gasteiger partial charge in [-0.2, -0.15) is 0 Å². The third-order valence-electron chi connectivity index (χ3n) is 10.3. The summed E-state index contributed by atoms with van der Waals surface area (Å²) in [5.74, 6) is 0.111. The molecule has 0 aromatic heterocycles. The number of hydrogen-bond donors (Lipinski definition) is 0. The molecule has 0 spiro atoms. The Bertz CT molecular complexity index is 2320. The van der Waals surface area contributed by atoms with Crippen LogP contribution < -0.4 is 10.4 Å². The van der Waals surface area contributed by atoms with Crippen LogP contribution in [0.3, 0.4) is 0 Å². The number of benzene rings is 6. The highest BCUT2D eigenvalue weighted by Crippen LogP contribution is 2.42. The Balaban J connectivity index is 1.49. The van der Waals surface area contributed by atoms with Gasteiger partial charge in [0.2, 0.25) is 0 Å². The molecule has 0 N–H and O–H groups in total. The van der Waals surface area contributed by atoms with Crippen molar-refractivity contribution in [3.8, 4) is 22.3 Å². The summed E-state index contributed by atoms with van der Waals surface area (Å²) in [5.41, 5.74) is 16.6. The van der Waals surface area contributed by atoms with Crippen LogP contribution in [0.2, 0.25) is 0 Å². The van der Waals surface area contributed by atoms with Crippen molar-refractivity contribution in [2.24, 2.45) is 0 Å². The van der Waals surface area contributed by atoms with E-state index in [0.717, 1.165) is 0 Å². The normalized spacial score (nSPS) is 14.6. The average molecular weight is 632 g/mol. The zero-order valence-corrected chi connectivity index (χ0v) is 29.4. The van der Waals surface area contributed by atoms with E-state index in [9.17, 15) is 0 Å². The zero-order chi connectivity index (χ0) is 33.9. The number of allylic oxidation sites excluding steroid dienone is 1. The fourth-order valence-corrected chi connectivity index (χ4v) is 7.91. The van der Waals surface area contributed by atoms with Crippen molar-refractivity contribution < 1.29 is 0 Å². The van der Waals surface area contributed by atoms with Crippen LogP contribution in [-0.4, -0.2) is 0 Å². The highest BCUT2D eigenvalue weighted by Gasteiger charge is 2.32. The first-order valence-electron chi connectivity index (χ1n) is 17.6. The van der Waals surface area contributed by atoms with E-state index in [4.69, 9.17) is 0 Å². The lowest BCUT2D eigenvalue weighted by Crippen LogP contribution is -2.34. The van der Waals surface area contributed by atoms with Crippen molar-refractivity contribution in [2.75, 3.05) is 0 Å². The van der Waals surface area contributed by atoms with Gasteiger partial charge in [0.25, 0.3) is 0 Å². The smallest absolute Gasteiger partial charge is 0.0288 e. The molecule has 6 aromatic rings. The molecule has 0 amide bonds. The van der Waals surface area contributed by atoms with Crippen LogP contribution in [-0.2, 0) is 10.8 Å². The lowest BCUT2D eigenvalue weighted by atomic mass is 9.74. The maximum absolute atomic E-state index is 4.02. The summed E-state index contributed by atoms with van der Waals surface area (Å²) >= 11 is 0. The second-order valence-corrected chi connectivity index (χ2v) is 15.7. The molecule has 8 rings (SSSR count). The van der Waals surface area contributed by atoms with Crippen molar-refractivity contribution in [1.82, 2.24) is 0 Å². The van der Waals surface area contributed by atoms with E-state index in [-0.39, 0.29) is 16.7 Å². The number of hydrogen-bond acceptors (Lipinski definition) is 0. The Morgan fingerprint density at radius 2 is 1.20 bits per heavy atom. The summed E-state index contributed by atoms with van der Waals surface area (Å²) in [6, 6.07) is 49.2. The highest BCUT2D eigenvalue weighted by atomic mass is 14.4. The maximum atomic E-state index is 4.02. The minimum atomic E-state index is -0.151. The van der Waals surface area contributed by atoms with Crippen molar-refractivity contribution in [3.63, 3.8) is 0 Å². The summed E-state index contributed by atoms with van der Waals surface area (Å²) in [7, 11) is 0. The molecule has 0 saturated heterocycles. The molecular formula is C49H43. The lowest BCUT2D eigenvalue weighted by molar-refractivity contribution is 0.576. The minimum absolute atomic E-state index is 0.0567. The van der Waals surface area contributed by atoms with Crippen LogP contribution >= 0.6 is 0 Å². The molecular weight excluding hydrogens is 589 g/mol. The molecule has 0 heterocycles. The zero-order valence-electron chi connectivity index (χ0n) is 29.4. The van der Waals surface area contributed by atoms with E-state index in [2.05, 4.69) is 193 Å². The second kappa shape index (κ2) is 11.7. The van der Waals surface area contributed by atoms with Crippen molar-refractivity contribution in [3.05, 3.63) is 194 Å². The molecule has 0 aliphatic heterocycles. The van der Waals surface area contributed by atoms with E-state index in [1.165, 1.54) is 82.8 Å². The van der Waals surface area contributed by atoms with Gasteiger partial charge in [-0.05, 0) is 118 Å². The van der Waals surface area contributed by atoms with Crippen molar-refractivity contribution in [1.29, 1.82) is 0 Å². The molecule has 2 aliphatic rings. The van der Waals surface area contributed by atoms with E-state index in [1.54, 1.807) is 0 Å². The molecule has 0 fully saturated rings. The van der Waals surface area contributed by atoms with E-state index >= 15 is 0 Å². The van der Waals surface area contributed by atoms with Gasteiger partial charge in [-0.3, -0.25) is 0 Å². The Morgan fingerprint density at radius 1 is 0.571 bits per heavy atom. The van der Waals surface area contributed by atoms with Gasteiger partial charge in [-0.15, -0.1) is 0 Å². The third-order valence-corrected chi connectivity index (χ3v) is 10.3. The predicted octanol–water partition coefficient (Wildman–Crippen LogP) is 11.0. The Labute approximate surface area is 291 Å². The number of fused-ring (bicyclic) bond motifs is 4. The van der Waals surface area contributed by atoms with Crippen LogP contribution in [0.1, 0.15) is 92.0 Å². The third kappa shape index (κ3) is 5.50. The summed E-state index contributed by atoms with van der Waals surface area (Å²) in [6.45, 7) is 14.0. The fraction of sp³-hybridized carbons (Fsp3) is 0.184. The Kier molecular flexibility index (Phi) is 7.45. The molecule has 0 saturated carbocycles. The van der Waals surface area contributed by atoms with Crippen LogP contribution in [0.25, 0.3) is 40.0 Å². The van der Waals surface area contributed by atoms with Gasteiger partial charge < -0.3 is 0 Å². The lowest BCUT2D eigenvalue weighted by Gasteiger charge is -2.29. The Morgan fingerprint density at radius 3 is 1.82 bits per heavy atom. The molecule has 6 aromatic carbocycles. The van der Waals surface area contributed by atoms with Gasteiger partial charge in [0.05, 0.1) is 0 Å². The average Bonchev–Trinajstić information content (AvgIpc) is 3.69. The van der Waals surface area contributed by atoms with Gasteiger partial charge >= 0.3 is 0 Å². The molecule has 49 heavy (non-hydrogen) atoms. The van der Waals surface area contributed by atoms with E-state index in [0.29, 0.717) is 0 Å². The van der Waals surface area contributed by atoms with Crippen LogP contribution in [0, 0.1) is 0 Å². The first-order valence-corrected chi connectivity index (χ1v) is 17.6. The second-order valence-electron chi connectivity index (χ2n) is 15.7. The van der Waals surface area contributed by atoms with Crippen molar-refractivity contribution >= 4 is 17.7 Å². The summed E-state index contributed by atoms with van der Waals surface area (Å²) < 4.78 is 0. The van der Waals surface area contributed by atoms with Crippen LogP contribution in [0.15, 0.2) is 140 Å². The predicted molar refractivity (Wildman–Crippen MR) is 208 cm³/mol. The van der Waals surface area contributed by atoms with E-state index < -0.39 is 0 Å². The first kappa shape index (κ1) is 31.1. The van der Waals surface area contributed by atoms with Crippen LogP contribution in [0.5, 0.6) is 0 Å². The van der Waals surface area contributed by atoms with Gasteiger partial charge in [0.1, 0.15) is 0 Å². The molecule has 1 radical (unpaired) electrons. The SMILES string of the molecule is CC(C)(C)c1ccc2c(c1)[C]=c1c-2cc(=C(c2ccccc2)c2ccccc2)c(C(C)(C)C)c1C1C=Cc2cc(-c3ccccc3)ccc21. The first-order chi connectivity index (χ1) is 23.6. The monoisotopic (exact) mass is 631 g/mol. The van der Waals surface area contributed by atoms with Crippen molar-refractivity contribution in [2.45, 2.75) is 58.3 Å². The molecule has 239 valence electrons. The standard InChI is InChI=1S/C49H43/c1-48(2,3)38-24-27-40-37(29-38)30-43-42(40)31-44(45(33-18-12-8-13-19-33)34-20-14-9-15-21-34)47(49(4,5)6)46(43)41-26-23-36-28-35(22-25-39(36)41)32-16-10-7-11-17-32/h7-29,31,41H,1-6H3. The van der Waals surface area contributed by atoms with E-state index in [1.807, 2.05) is 0 Å². The topological polar surface area (TPSA) is 0 Å². The Hall–Kier alpha value is -5.20. The summed E-state index contributed by atoms with van der Waals surface area (Å²) in [6.07, 6.45) is 8.80. The number of rotatable bonds is 4. The summed E-state index contributed by atoms with van der Waals surface area (Å²) in [4.78, 5) is 0. The minimum Gasteiger partial charge on any atom is -0.0720 e.